The Morgan fingerprint density at radius 2 is 1.90 bits per heavy atom. The first kappa shape index (κ1) is 19.2. The largest absolute Gasteiger partial charge is 0.336 e. The molecule has 3 aromatic rings. The summed E-state index contributed by atoms with van der Waals surface area (Å²) in [5.74, 6) is 0.342. The van der Waals surface area contributed by atoms with E-state index in [0.717, 1.165) is 53.9 Å². The van der Waals surface area contributed by atoms with Crippen molar-refractivity contribution in [2.24, 2.45) is 7.05 Å². The fourth-order valence-electron chi connectivity index (χ4n) is 4.37. The molecule has 2 fully saturated rings. The van der Waals surface area contributed by atoms with Gasteiger partial charge in [0.15, 0.2) is 5.65 Å². The van der Waals surface area contributed by atoms with Crippen LogP contribution in [0.25, 0.3) is 11.0 Å². The van der Waals surface area contributed by atoms with Crippen molar-refractivity contribution in [3.05, 3.63) is 58.7 Å². The Hall–Kier alpha value is -2.80. The zero-order valence-corrected chi connectivity index (χ0v) is 17.4. The molecule has 3 heterocycles. The van der Waals surface area contributed by atoms with Crippen LogP contribution >= 0.6 is 0 Å². The number of carbonyl (C=O) groups is 1. The Kier molecular flexibility index (Phi) is 4.77. The average Bonchev–Trinajstić information content (AvgIpc) is 3.56. The molecule has 6 nitrogen and oxygen atoms in total. The van der Waals surface area contributed by atoms with E-state index in [1.165, 1.54) is 6.07 Å². The average molecular weight is 407 g/mol. The maximum absolute atomic E-state index is 14.0. The molecule has 156 valence electrons. The lowest BCUT2D eigenvalue weighted by atomic mass is 10.1. The molecule has 1 aliphatic carbocycles. The van der Waals surface area contributed by atoms with E-state index in [2.05, 4.69) is 10.00 Å². The van der Waals surface area contributed by atoms with Gasteiger partial charge in [-0.05, 0) is 31.9 Å². The second kappa shape index (κ2) is 7.47. The first-order valence-electron chi connectivity index (χ1n) is 10.6. The summed E-state index contributed by atoms with van der Waals surface area (Å²) in [5.41, 5.74) is 4.05. The molecule has 7 heteroatoms. The minimum Gasteiger partial charge on any atom is -0.336 e. The quantitative estimate of drug-likeness (QED) is 0.666. The number of carbonyl (C=O) groups excluding carboxylic acids is 1. The molecular weight excluding hydrogens is 381 g/mol. The molecule has 5 rings (SSSR count). The van der Waals surface area contributed by atoms with Gasteiger partial charge in [0.25, 0.3) is 5.91 Å². The molecule has 0 unspecified atom stereocenters. The first-order chi connectivity index (χ1) is 14.5. The molecule has 0 N–H and O–H groups in total. The summed E-state index contributed by atoms with van der Waals surface area (Å²) < 4.78 is 15.7. The molecule has 2 aliphatic rings. The normalized spacial score (nSPS) is 17.6. The van der Waals surface area contributed by atoms with Gasteiger partial charge in [0.05, 0.1) is 16.6 Å². The van der Waals surface area contributed by atoms with Crippen LogP contribution in [0.1, 0.15) is 46.1 Å². The zero-order chi connectivity index (χ0) is 20.8. The van der Waals surface area contributed by atoms with Crippen molar-refractivity contribution in [2.45, 2.75) is 32.2 Å². The van der Waals surface area contributed by atoms with Crippen molar-refractivity contribution >= 4 is 16.9 Å². The van der Waals surface area contributed by atoms with Gasteiger partial charge in [-0.3, -0.25) is 14.4 Å². The molecule has 1 aromatic carbocycles. The van der Waals surface area contributed by atoms with Gasteiger partial charge in [-0.15, -0.1) is 0 Å². The van der Waals surface area contributed by atoms with E-state index in [-0.39, 0.29) is 11.7 Å². The summed E-state index contributed by atoms with van der Waals surface area (Å²) in [5, 5.41) is 5.37. The number of hydrogen-bond acceptors (Lipinski definition) is 4. The van der Waals surface area contributed by atoms with Crippen molar-refractivity contribution in [3.8, 4) is 0 Å². The number of benzene rings is 1. The van der Waals surface area contributed by atoms with E-state index >= 15 is 0 Å². The van der Waals surface area contributed by atoms with E-state index < -0.39 is 0 Å². The van der Waals surface area contributed by atoms with Crippen LogP contribution in [-0.2, 0) is 13.6 Å². The number of piperazine rings is 1. The predicted molar refractivity (Wildman–Crippen MR) is 113 cm³/mol. The van der Waals surface area contributed by atoms with Gasteiger partial charge in [0, 0.05) is 56.9 Å². The Balaban J connectivity index is 1.36. The van der Waals surface area contributed by atoms with E-state index in [4.69, 9.17) is 4.98 Å². The number of rotatable bonds is 4. The Morgan fingerprint density at radius 1 is 1.17 bits per heavy atom. The minimum atomic E-state index is -0.171. The van der Waals surface area contributed by atoms with Crippen LogP contribution in [0, 0.1) is 12.7 Å². The molecule has 2 aromatic heterocycles. The summed E-state index contributed by atoms with van der Waals surface area (Å²) in [6.07, 6.45) is 2.27. The number of aromatic nitrogens is 3. The summed E-state index contributed by atoms with van der Waals surface area (Å²) in [6, 6.07) is 8.88. The minimum absolute atomic E-state index is 0.0472. The molecule has 1 aliphatic heterocycles. The third-order valence-electron chi connectivity index (χ3n) is 6.23. The number of nitrogens with zero attached hydrogens (tertiary/aromatic N) is 5. The van der Waals surface area contributed by atoms with Crippen LogP contribution in [-0.4, -0.2) is 56.7 Å². The second-order valence-corrected chi connectivity index (χ2v) is 8.44. The highest BCUT2D eigenvalue weighted by Crippen LogP contribution is 2.40. The van der Waals surface area contributed by atoms with E-state index in [1.807, 2.05) is 37.1 Å². The number of pyridine rings is 1. The van der Waals surface area contributed by atoms with Gasteiger partial charge in [-0.25, -0.2) is 9.37 Å². The van der Waals surface area contributed by atoms with E-state index in [9.17, 15) is 9.18 Å². The van der Waals surface area contributed by atoms with Gasteiger partial charge in [-0.1, -0.05) is 18.2 Å². The zero-order valence-electron chi connectivity index (χ0n) is 17.4. The SMILES string of the molecule is Cc1nn(C)c2nc(C3CC3)cc(C(=O)N3CCN(Cc4ccccc4F)CC3)c12. The molecule has 1 amide bonds. The van der Waals surface area contributed by atoms with Crippen molar-refractivity contribution in [1.82, 2.24) is 24.6 Å². The molecule has 30 heavy (non-hydrogen) atoms. The lowest BCUT2D eigenvalue weighted by molar-refractivity contribution is 0.0628. The van der Waals surface area contributed by atoms with Gasteiger partial charge in [0.2, 0.25) is 0 Å². The van der Waals surface area contributed by atoms with Crippen LogP contribution in [0.3, 0.4) is 0 Å². The van der Waals surface area contributed by atoms with Crippen LogP contribution in [0.5, 0.6) is 0 Å². The molecule has 1 saturated carbocycles. The fraction of sp³-hybridized carbons (Fsp3) is 0.435. The standard InChI is InChI=1S/C23H26FN5O/c1-15-21-18(13-20(16-7-8-16)25-22(21)27(2)26-15)23(30)29-11-9-28(10-12-29)14-17-5-3-4-6-19(17)24/h3-6,13,16H,7-12,14H2,1-2H3. The number of hydrogen-bond donors (Lipinski definition) is 0. The fourth-order valence-corrected chi connectivity index (χ4v) is 4.37. The van der Waals surface area contributed by atoms with Gasteiger partial charge in [-0.2, -0.15) is 5.10 Å². The lowest BCUT2D eigenvalue weighted by Gasteiger charge is -2.35. The smallest absolute Gasteiger partial charge is 0.254 e. The highest BCUT2D eigenvalue weighted by molar-refractivity contribution is 6.06. The summed E-state index contributed by atoms with van der Waals surface area (Å²) in [6.45, 7) is 5.24. The number of amides is 1. The maximum atomic E-state index is 14.0. The number of halogens is 1. The molecule has 0 spiro atoms. The predicted octanol–water partition coefficient (Wildman–Crippen LogP) is 3.25. The molecule has 0 atom stereocenters. The maximum Gasteiger partial charge on any atom is 0.254 e. The Labute approximate surface area is 175 Å². The molecular formula is C23H26FN5O. The molecule has 0 bridgehead atoms. The number of fused-ring (bicyclic) bond motifs is 1. The van der Waals surface area contributed by atoms with Crippen molar-refractivity contribution in [3.63, 3.8) is 0 Å². The van der Waals surface area contributed by atoms with Crippen LogP contribution in [0.2, 0.25) is 0 Å². The lowest BCUT2D eigenvalue weighted by Crippen LogP contribution is -2.48. The van der Waals surface area contributed by atoms with Gasteiger partial charge >= 0.3 is 0 Å². The van der Waals surface area contributed by atoms with Gasteiger partial charge < -0.3 is 4.90 Å². The van der Waals surface area contributed by atoms with Crippen LogP contribution in [0.4, 0.5) is 4.39 Å². The van der Waals surface area contributed by atoms with E-state index in [1.54, 1.807) is 10.7 Å². The van der Waals surface area contributed by atoms with Crippen LogP contribution < -0.4 is 0 Å². The Bertz CT molecular complexity index is 1110. The first-order valence-corrected chi connectivity index (χ1v) is 10.6. The van der Waals surface area contributed by atoms with Crippen molar-refractivity contribution in [1.29, 1.82) is 0 Å². The van der Waals surface area contributed by atoms with Crippen molar-refractivity contribution < 1.29 is 9.18 Å². The third-order valence-corrected chi connectivity index (χ3v) is 6.23. The molecule has 0 radical (unpaired) electrons. The molecule has 1 saturated heterocycles. The van der Waals surface area contributed by atoms with Crippen molar-refractivity contribution in [2.75, 3.05) is 26.2 Å². The highest BCUT2D eigenvalue weighted by atomic mass is 19.1. The second-order valence-electron chi connectivity index (χ2n) is 8.44. The monoisotopic (exact) mass is 407 g/mol. The van der Waals surface area contributed by atoms with Crippen LogP contribution in [0.15, 0.2) is 30.3 Å². The third kappa shape index (κ3) is 3.47. The summed E-state index contributed by atoms with van der Waals surface area (Å²) in [4.78, 5) is 22.4. The van der Waals surface area contributed by atoms with E-state index in [0.29, 0.717) is 31.1 Å². The summed E-state index contributed by atoms with van der Waals surface area (Å²) >= 11 is 0. The highest BCUT2D eigenvalue weighted by Gasteiger charge is 2.30. The van der Waals surface area contributed by atoms with Gasteiger partial charge in [0.1, 0.15) is 5.82 Å². The topological polar surface area (TPSA) is 54.3 Å². The Morgan fingerprint density at radius 3 is 2.60 bits per heavy atom. The summed E-state index contributed by atoms with van der Waals surface area (Å²) in [7, 11) is 1.88. The number of aryl methyl sites for hydroxylation is 2.